The maximum atomic E-state index is 12.7. The lowest BCUT2D eigenvalue weighted by Crippen LogP contribution is -2.67. The highest BCUT2D eigenvalue weighted by atomic mass is 16.8. The summed E-state index contributed by atoms with van der Waals surface area (Å²) in [5.74, 6) is -0.317. The van der Waals surface area contributed by atoms with E-state index in [0.29, 0.717) is 5.69 Å². The summed E-state index contributed by atoms with van der Waals surface area (Å²) in [5, 5.41) is 5.47. The van der Waals surface area contributed by atoms with Gasteiger partial charge in [-0.25, -0.2) is 4.79 Å². The van der Waals surface area contributed by atoms with E-state index in [1.165, 1.54) is 14.0 Å². The van der Waals surface area contributed by atoms with Crippen LogP contribution in [0, 0.1) is 0 Å². The average Bonchev–Trinajstić information content (AvgIpc) is 2.81. The van der Waals surface area contributed by atoms with Crippen molar-refractivity contribution in [3.63, 3.8) is 0 Å². The molecule has 9 heteroatoms. The third-order valence-corrected chi connectivity index (χ3v) is 5.28. The van der Waals surface area contributed by atoms with Gasteiger partial charge in [0.15, 0.2) is 18.7 Å². The Balaban J connectivity index is 1.58. The smallest absolute Gasteiger partial charge is 0.412 e. The van der Waals surface area contributed by atoms with Crippen LogP contribution in [-0.4, -0.2) is 56.4 Å². The summed E-state index contributed by atoms with van der Waals surface area (Å²) < 4.78 is 29.2. The number of nitrogens with one attached hydrogen (secondary N) is 2. The molecule has 170 valence electrons. The molecule has 2 heterocycles. The first-order valence-corrected chi connectivity index (χ1v) is 10.3. The minimum atomic E-state index is -0.888. The van der Waals surface area contributed by atoms with Gasteiger partial charge in [0.1, 0.15) is 18.2 Å². The van der Waals surface area contributed by atoms with Gasteiger partial charge in [0.25, 0.3) is 0 Å². The maximum absolute atomic E-state index is 12.7. The molecule has 0 radical (unpaired) electrons. The van der Waals surface area contributed by atoms with Gasteiger partial charge < -0.3 is 29.0 Å². The summed E-state index contributed by atoms with van der Waals surface area (Å²) in [4.78, 5) is 24.6. The van der Waals surface area contributed by atoms with E-state index in [2.05, 4.69) is 10.6 Å². The molecule has 0 aromatic heterocycles. The Bertz CT molecular complexity index is 911. The second-order valence-corrected chi connectivity index (χ2v) is 7.54. The number of hydrogen-bond acceptors (Lipinski definition) is 7. The summed E-state index contributed by atoms with van der Waals surface area (Å²) in [5.41, 5.74) is 1.40. The number of carbonyl (C=O) groups is 2. The number of fused-ring (bicyclic) bond motifs is 1. The van der Waals surface area contributed by atoms with Gasteiger partial charge >= 0.3 is 6.09 Å². The van der Waals surface area contributed by atoms with Gasteiger partial charge in [-0.2, -0.15) is 0 Å². The molecule has 2 saturated heterocycles. The number of rotatable bonds is 5. The van der Waals surface area contributed by atoms with Crippen LogP contribution in [0.3, 0.4) is 0 Å². The highest BCUT2D eigenvalue weighted by Gasteiger charge is 2.52. The van der Waals surface area contributed by atoms with Crippen LogP contribution < -0.4 is 10.6 Å². The topological polar surface area (TPSA) is 104 Å². The number of para-hydroxylation sites is 1. The zero-order chi connectivity index (χ0) is 22.5. The highest BCUT2D eigenvalue weighted by molar-refractivity contribution is 5.84. The molecule has 4 rings (SSSR count). The fourth-order valence-corrected chi connectivity index (χ4v) is 3.87. The third-order valence-electron chi connectivity index (χ3n) is 5.28. The Morgan fingerprint density at radius 2 is 1.69 bits per heavy atom. The molecule has 2 aliphatic heterocycles. The fourth-order valence-electron chi connectivity index (χ4n) is 3.87. The van der Waals surface area contributed by atoms with E-state index in [1.807, 2.05) is 36.4 Å². The van der Waals surface area contributed by atoms with E-state index in [1.54, 1.807) is 24.3 Å². The van der Waals surface area contributed by atoms with Gasteiger partial charge in [-0.1, -0.05) is 48.5 Å². The van der Waals surface area contributed by atoms with E-state index in [-0.39, 0.29) is 12.5 Å². The van der Waals surface area contributed by atoms with Crippen molar-refractivity contribution in [1.82, 2.24) is 5.32 Å². The van der Waals surface area contributed by atoms with Crippen molar-refractivity contribution in [1.29, 1.82) is 0 Å². The molecule has 6 unspecified atom stereocenters. The molecule has 2 amide bonds. The Hall–Kier alpha value is -2.98. The number of amides is 2. The van der Waals surface area contributed by atoms with Gasteiger partial charge in [-0.05, 0) is 12.1 Å². The van der Waals surface area contributed by atoms with Crippen LogP contribution in [-0.2, 0) is 28.5 Å². The number of ether oxygens (including phenoxy) is 5. The third kappa shape index (κ3) is 5.08. The van der Waals surface area contributed by atoms with Crippen molar-refractivity contribution in [3.8, 4) is 0 Å². The number of anilines is 1. The standard InChI is InChI=1S/C23H26N2O7/c1-14(26)24-18-20(32-23(27)25-16-11-7-4-8-12-16)19-17(30-22(18)28-2)13-29-21(31-19)15-9-5-3-6-10-15/h3-12,17-22H,13H2,1-2H3,(H,24,26)(H,25,27). The van der Waals surface area contributed by atoms with Crippen molar-refractivity contribution in [2.75, 3.05) is 19.0 Å². The molecule has 0 saturated carbocycles. The Morgan fingerprint density at radius 1 is 1.00 bits per heavy atom. The minimum Gasteiger partial charge on any atom is -0.441 e. The largest absolute Gasteiger partial charge is 0.441 e. The lowest BCUT2D eigenvalue weighted by Gasteiger charge is -2.48. The number of methoxy groups -OCH3 is 1. The average molecular weight is 442 g/mol. The molecule has 2 N–H and O–H groups in total. The zero-order valence-electron chi connectivity index (χ0n) is 17.8. The monoisotopic (exact) mass is 442 g/mol. The van der Waals surface area contributed by atoms with Crippen molar-refractivity contribution < 1.29 is 33.3 Å². The van der Waals surface area contributed by atoms with Crippen LogP contribution in [0.1, 0.15) is 18.8 Å². The lowest BCUT2D eigenvalue weighted by molar-refractivity contribution is -0.340. The summed E-state index contributed by atoms with van der Waals surface area (Å²) in [7, 11) is 1.46. The van der Waals surface area contributed by atoms with E-state index < -0.39 is 43.0 Å². The SMILES string of the molecule is COC1OC2COC(c3ccccc3)OC2C(OC(=O)Nc2ccccc2)C1NC(C)=O. The molecule has 2 aromatic carbocycles. The first-order valence-electron chi connectivity index (χ1n) is 10.3. The summed E-state index contributed by atoms with van der Waals surface area (Å²) in [6.07, 6.45) is -4.34. The fraction of sp³-hybridized carbons (Fsp3) is 0.391. The van der Waals surface area contributed by atoms with E-state index in [9.17, 15) is 9.59 Å². The number of benzene rings is 2. The molecule has 2 aromatic rings. The van der Waals surface area contributed by atoms with Crippen LogP contribution >= 0.6 is 0 Å². The van der Waals surface area contributed by atoms with Crippen molar-refractivity contribution in [2.24, 2.45) is 0 Å². The van der Waals surface area contributed by atoms with Crippen LogP contribution in [0.15, 0.2) is 60.7 Å². The van der Waals surface area contributed by atoms with Crippen molar-refractivity contribution >= 4 is 17.7 Å². The molecule has 0 aliphatic carbocycles. The second-order valence-electron chi connectivity index (χ2n) is 7.54. The van der Waals surface area contributed by atoms with E-state index >= 15 is 0 Å². The summed E-state index contributed by atoms with van der Waals surface area (Å²) in [6.45, 7) is 1.58. The van der Waals surface area contributed by atoms with Crippen LogP contribution in [0.2, 0.25) is 0 Å². The number of hydrogen-bond donors (Lipinski definition) is 2. The molecule has 0 spiro atoms. The molecule has 9 nitrogen and oxygen atoms in total. The van der Waals surface area contributed by atoms with Gasteiger partial charge in [0.05, 0.1) is 6.61 Å². The zero-order valence-corrected chi connectivity index (χ0v) is 17.8. The highest BCUT2D eigenvalue weighted by Crippen LogP contribution is 2.35. The quantitative estimate of drug-likeness (QED) is 0.733. The first-order chi connectivity index (χ1) is 15.5. The molecule has 0 bridgehead atoms. The van der Waals surface area contributed by atoms with Crippen LogP contribution in [0.5, 0.6) is 0 Å². The Labute approximate surface area is 185 Å². The number of carbonyl (C=O) groups excluding carboxylic acids is 2. The predicted molar refractivity (Wildman–Crippen MR) is 114 cm³/mol. The maximum Gasteiger partial charge on any atom is 0.412 e. The van der Waals surface area contributed by atoms with Crippen LogP contribution in [0.25, 0.3) is 0 Å². The van der Waals surface area contributed by atoms with E-state index in [4.69, 9.17) is 23.7 Å². The summed E-state index contributed by atoms with van der Waals surface area (Å²) in [6, 6.07) is 17.6. The van der Waals surface area contributed by atoms with Gasteiger partial charge in [0.2, 0.25) is 5.91 Å². The van der Waals surface area contributed by atoms with Crippen molar-refractivity contribution in [3.05, 3.63) is 66.2 Å². The van der Waals surface area contributed by atoms with Gasteiger partial charge in [-0.3, -0.25) is 10.1 Å². The van der Waals surface area contributed by atoms with Gasteiger partial charge in [0, 0.05) is 25.3 Å². The molecule has 32 heavy (non-hydrogen) atoms. The molecule has 6 atom stereocenters. The normalized spacial score (nSPS) is 29.4. The molecule has 2 aliphatic rings. The molecular weight excluding hydrogens is 416 g/mol. The summed E-state index contributed by atoms with van der Waals surface area (Å²) >= 11 is 0. The molecular formula is C23H26N2O7. The minimum absolute atomic E-state index is 0.205. The van der Waals surface area contributed by atoms with Crippen molar-refractivity contribution in [2.45, 2.75) is 43.9 Å². The second kappa shape index (κ2) is 10.1. The lowest BCUT2D eigenvalue weighted by atomic mass is 9.95. The van der Waals surface area contributed by atoms with E-state index in [0.717, 1.165) is 5.56 Å². The Kier molecular flexibility index (Phi) is 7.01. The Morgan fingerprint density at radius 3 is 2.34 bits per heavy atom. The molecule has 2 fully saturated rings. The van der Waals surface area contributed by atoms with Crippen LogP contribution in [0.4, 0.5) is 10.5 Å². The predicted octanol–water partition coefficient (Wildman–Crippen LogP) is 2.59. The first kappa shape index (κ1) is 22.2. The van der Waals surface area contributed by atoms with Gasteiger partial charge in [-0.15, -0.1) is 0 Å².